The first kappa shape index (κ1) is 40.4. The quantitative estimate of drug-likeness (QED) is 0.0613. The highest BCUT2D eigenvalue weighted by molar-refractivity contribution is 6.12. The average molecular weight is 798 g/mol. The molecule has 2 amide bonds. The average Bonchev–Trinajstić information content (AvgIpc) is 3.75. The number of nitrogens with zero attached hydrogens (tertiary/aromatic N) is 1. The first-order valence-corrected chi connectivity index (χ1v) is 19.1. The van der Waals surface area contributed by atoms with Crippen LogP contribution in [0.2, 0.25) is 0 Å². The molecule has 2 saturated heterocycles. The number of benzene rings is 4. The number of anilines is 1. The first-order valence-electron chi connectivity index (χ1n) is 19.1. The molecule has 0 radical (unpaired) electrons. The SMILES string of the molecule is C=CCNC(=O)[C@@H]1[C@H]2C(=O)O[C@H](c3ccccc3)[C@H](c3ccccc3)N2[C@H](c2cccc(OCCO)c2)[C@@]12C(=O)Nc1ccc(C#CCC(C(=O)OC)C(=O)OC)cc12. The number of hydrogen-bond donors (Lipinski definition) is 3. The van der Waals surface area contributed by atoms with Crippen LogP contribution >= 0.6 is 0 Å². The number of carbonyl (C=O) groups is 5. The molecule has 302 valence electrons. The number of hydrogen-bond acceptors (Lipinski definition) is 11. The number of morpholine rings is 1. The molecule has 13 heteroatoms. The molecule has 3 heterocycles. The Kier molecular flexibility index (Phi) is 11.9. The van der Waals surface area contributed by atoms with Crippen LogP contribution in [0, 0.1) is 23.7 Å². The molecule has 0 unspecified atom stereocenters. The third-order valence-electron chi connectivity index (χ3n) is 11.1. The predicted octanol–water partition coefficient (Wildman–Crippen LogP) is 4.33. The minimum Gasteiger partial charge on any atom is -0.491 e. The second-order valence-corrected chi connectivity index (χ2v) is 14.3. The molecule has 0 saturated carbocycles. The third-order valence-corrected chi connectivity index (χ3v) is 11.1. The van der Waals surface area contributed by atoms with E-state index in [1.54, 1.807) is 36.4 Å². The number of esters is 3. The van der Waals surface area contributed by atoms with Crippen LogP contribution < -0.4 is 15.4 Å². The Hall–Kier alpha value is -6.75. The first-order chi connectivity index (χ1) is 28.7. The summed E-state index contributed by atoms with van der Waals surface area (Å²) in [6, 6.07) is 28.0. The lowest BCUT2D eigenvalue weighted by Gasteiger charge is -2.46. The number of aliphatic hydroxyl groups is 1. The summed E-state index contributed by atoms with van der Waals surface area (Å²) >= 11 is 0. The van der Waals surface area contributed by atoms with E-state index in [-0.39, 0.29) is 26.2 Å². The van der Waals surface area contributed by atoms with Gasteiger partial charge in [-0.1, -0.05) is 90.7 Å². The van der Waals surface area contributed by atoms with Crippen molar-refractivity contribution in [2.45, 2.75) is 36.1 Å². The summed E-state index contributed by atoms with van der Waals surface area (Å²) in [7, 11) is 2.33. The molecular formula is C46H43N3O10. The van der Waals surface area contributed by atoms with Gasteiger partial charge in [0.15, 0.2) is 5.92 Å². The van der Waals surface area contributed by atoms with Crippen molar-refractivity contribution < 1.29 is 48.0 Å². The van der Waals surface area contributed by atoms with E-state index in [0.717, 1.165) is 19.8 Å². The standard InChI is InChI=1S/C46H43N3O10/c1-4-23-47-41(51)36-38-44(54)59-39(30-16-9-6-10-17-30)37(29-14-7-5-8-15-29)49(38)40(31-18-12-19-32(27-31)58-25-24-50)46(36)34-26-28(21-22-35(34)48-45(46)55)13-11-20-33(42(52)56-2)43(53)57-3/h4-10,12,14-19,21-22,26-27,33,36-40,50H,1,20,23-25H2,2-3H3,(H,47,51)(H,48,55)/t36-,37-,38-,39+,40+,46-/m0/s1. The molecule has 0 bridgehead atoms. The molecule has 7 rings (SSSR count). The van der Waals surface area contributed by atoms with Crippen LogP contribution in [0.3, 0.4) is 0 Å². The molecular weight excluding hydrogens is 755 g/mol. The number of cyclic esters (lactones) is 1. The smallest absolute Gasteiger partial charge is 0.324 e. The Morgan fingerprint density at radius 3 is 2.25 bits per heavy atom. The van der Waals surface area contributed by atoms with Crippen LogP contribution in [-0.2, 0) is 43.6 Å². The molecule has 3 aliphatic rings. The van der Waals surface area contributed by atoms with Crippen molar-refractivity contribution in [3.05, 3.63) is 144 Å². The van der Waals surface area contributed by atoms with E-state index in [2.05, 4.69) is 29.1 Å². The second kappa shape index (κ2) is 17.4. The normalized spacial score (nSPS) is 22.9. The summed E-state index contributed by atoms with van der Waals surface area (Å²) in [5.41, 5.74) is 1.48. The molecule has 4 aromatic rings. The Labute approximate surface area is 341 Å². The molecule has 0 aliphatic carbocycles. The van der Waals surface area contributed by atoms with E-state index in [9.17, 15) is 24.3 Å². The highest BCUT2D eigenvalue weighted by atomic mass is 16.6. The van der Waals surface area contributed by atoms with Gasteiger partial charge in [-0.05, 0) is 52.6 Å². The fourth-order valence-corrected chi connectivity index (χ4v) is 8.69. The monoisotopic (exact) mass is 797 g/mol. The van der Waals surface area contributed by atoms with Gasteiger partial charge < -0.3 is 34.7 Å². The maximum atomic E-state index is 15.3. The van der Waals surface area contributed by atoms with Crippen molar-refractivity contribution in [2.24, 2.45) is 11.8 Å². The van der Waals surface area contributed by atoms with E-state index < -0.39 is 71.2 Å². The minimum absolute atomic E-state index is 0.00535. The van der Waals surface area contributed by atoms with E-state index in [4.69, 9.17) is 18.9 Å². The topological polar surface area (TPSA) is 170 Å². The number of amides is 2. The van der Waals surface area contributed by atoms with Crippen molar-refractivity contribution in [3.63, 3.8) is 0 Å². The van der Waals surface area contributed by atoms with Crippen molar-refractivity contribution in [3.8, 4) is 17.6 Å². The van der Waals surface area contributed by atoms with Crippen molar-refractivity contribution >= 4 is 35.4 Å². The van der Waals surface area contributed by atoms with Gasteiger partial charge in [0.2, 0.25) is 11.8 Å². The van der Waals surface area contributed by atoms with Gasteiger partial charge in [-0.3, -0.25) is 28.9 Å². The van der Waals surface area contributed by atoms with E-state index in [1.165, 1.54) is 6.08 Å². The van der Waals surface area contributed by atoms with Gasteiger partial charge in [-0.25, -0.2) is 0 Å². The number of carbonyl (C=O) groups excluding carboxylic acids is 5. The number of aliphatic hydroxyl groups excluding tert-OH is 1. The molecule has 13 nitrogen and oxygen atoms in total. The predicted molar refractivity (Wildman–Crippen MR) is 214 cm³/mol. The van der Waals surface area contributed by atoms with Gasteiger partial charge in [-0.2, -0.15) is 0 Å². The van der Waals surface area contributed by atoms with Gasteiger partial charge in [0.05, 0.1) is 38.8 Å². The minimum atomic E-state index is -1.79. The summed E-state index contributed by atoms with van der Waals surface area (Å²) in [5.74, 6) is 0.277. The summed E-state index contributed by atoms with van der Waals surface area (Å²) in [6.45, 7) is 3.59. The zero-order chi connectivity index (χ0) is 41.7. The lowest BCUT2D eigenvalue weighted by Crippen LogP contribution is -2.54. The zero-order valence-electron chi connectivity index (χ0n) is 32.5. The third kappa shape index (κ3) is 7.33. The fourth-order valence-electron chi connectivity index (χ4n) is 8.69. The van der Waals surface area contributed by atoms with Crippen molar-refractivity contribution in [1.29, 1.82) is 0 Å². The molecule has 1 spiro atoms. The summed E-state index contributed by atoms with van der Waals surface area (Å²) in [4.78, 5) is 71.7. The lowest BCUT2D eigenvalue weighted by molar-refractivity contribution is -0.178. The van der Waals surface area contributed by atoms with Gasteiger partial charge >= 0.3 is 17.9 Å². The largest absolute Gasteiger partial charge is 0.491 e. The highest BCUT2D eigenvalue weighted by Crippen LogP contribution is 2.65. The number of fused-ring (bicyclic) bond motifs is 3. The van der Waals surface area contributed by atoms with Gasteiger partial charge in [0.1, 0.15) is 29.9 Å². The maximum Gasteiger partial charge on any atom is 0.324 e. The number of rotatable bonds is 12. The fraction of sp³-hybridized carbons (Fsp3) is 0.283. The molecule has 4 aromatic carbocycles. The summed E-state index contributed by atoms with van der Waals surface area (Å²) in [5, 5.41) is 15.5. The molecule has 3 N–H and O–H groups in total. The number of nitrogens with one attached hydrogen (secondary N) is 2. The molecule has 3 aliphatic heterocycles. The van der Waals surface area contributed by atoms with Gasteiger partial charge in [0.25, 0.3) is 0 Å². The van der Waals surface area contributed by atoms with Gasteiger partial charge in [0, 0.05) is 24.2 Å². The summed E-state index contributed by atoms with van der Waals surface area (Å²) in [6.07, 6.45) is 0.445. The number of ether oxygens (including phenoxy) is 4. The molecule has 0 aromatic heterocycles. The van der Waals surface area contributed by atoms with E-state index >= 15 is 4.79 Å². The van der Waals surface area contributed by atoms with Crippen LogP contribution in [0.25, 0.3) is 0 Å². The molecule has 59 heavy (non-hydrogen) atoms. The second-order valence-electron chi connectivity index (χ2n) is 14.3. The van der Waals surface area contributed by atoms with Crippen LogP contribution in [0.1, 0.15) is 52.4 Å². The van der Waals surface area contributed by atoms with Crippen LogP contribution in [0.15, 0.2) is 116 Å². The van der Waals surface area contributed by atoms with Crippen LogP contribution in [-0.4, -0.2) is 79.7 Å². The Balaban J connectivity index is 1.50. The Morgan fingerprint density at radius 2 is 1.59 bits per heavy atom. The molecule has 2 fully saturated rings. The zero-order valence-corrected chi connectivity index (χ0v) is 32.5. The van der Waals surface area contributed by atoms with Crippen molar-refractivity contribution in [1.82, 2.24) is 10.2 Å². The van der Waals surface area contributed by atoms with Crippen LogP contribution in [0.4, 0.5) is 5.69 Å². The van der Waals surface area contributed by atoms with Crippen LogP contribution in [0.5, 0.6) is 5.75 Å². The van der Waals surface area contributed by atoms with E-state index in [0.29, 0.717) is 33.7 Å². The van der Waals surface area contributed by atoms with Gasteiger partial charge in [-0.15, -0.1) is 6.58 Å². The van der Waals surface area contributed by atoms with Crippen molar-refractivity contribution in [2.75, 3.05) is 39.3 Å². The Bertz CT molecular complexity index is 2310. The Morgan fingerprint density at radius 1 is 0.915 bits per heavy atom. The highest BCUT2D eigenvalue weighted by Gasteiger charge is 2.74. The lowest BCUT2D eigenvalue weighted by atomic mass is 9.65. The summed E-state index contributed by atoms with van der Waals surface area (Å²) < 4.78 is 21.9. The number of methoxy groups -OCH3 is 2. The molecule has 6 atom stereocenters. The van der Waals surface area contributed by atoms with E-state index in [1.807, 2.05) is 71.6 Å². The maximum absolute atomic E-state index is 15.3.